The van der Waals surface area contributed by atoms with E-state index in [1.54, 1.807) is 55.5 Å². The largest absolute Gasteiger partial charge is 0.479 e. The van der Waals surface area contributed by atoms with Crippen molar-refractivity contribution in [2.24, 2.45) is 0 Å². The molecule has 0 aromatic heterocycles. The molecule has 0 N–H and O–H groups in total. The second-order valence-electron chi connectivity index (χ2n) is 5.27. The zero-order valence-corrected chi connectivity index (χ0v) is 13.2. The lowest BCUT2D eigenvalue weighted by molar-refractivity contribution is -0.147. The molecule has 0 saturated carbocycles. The Morgan fingerprint density at radius 3 is 2.00 bits per heavy atom. The summed E-state index contributed by atoms with van der Waals surface area (Å²) in [6, 6.07) is 13.1. The van der Waals surface area contributed by atoms with E-state index in [1.165, 1.54) is 7.11 Å². The second-order valence-corrected chi connectivity index (χ2v) is 5.27. The van der Waals surface area contributed by atoms with E-state index in [1.807, 2.05) is 0 Å². The fraction of sp³-hybridized carbons (Fsp3) is 0.167. The Hall–Kier alpha value is -3.15. The lowest BCUT2D eigenvalue weighted by atomic mass is 10.1. The van der Waals surface area contributed by atoms with Crippen molar-refractivity contribution in [1.82, 2.24) is 0 Å². The monoisotopic (exact) mass is 325 g/mol. The first-order chi connectivity index (χ1) is 11.5. The zero-order chi connectivity index (χ0) is 17.3. The Balaban J connectivity index is 1.81. The molecule has 24 heavy (non-hydrogen) atoms. The van der Waals surface area contributed by atoms with Crippen LogP contribution >= 0.6 is 0 Å². The van der Waals surface area contributed by atoms with Gasteiger partial charge in [0.1, 0.15) is 5.75 Å². The van der Waals surface area contributed by atoms with Crippen LogP contribution in [0.3, 0.4) is 0 Å². The van der Waals surface area contributed by atoms with E-state index in [0.29, 0.717) is 22.6 Å². The molecule has 1 aliphatic heterocycles. The van der Waals surface area contributed by atoms with Crippen LogP contribution in [0.4, 0.5) is 5.69 Å². The van der Waals surface area contributed by atoms with Crippen molar-refractivity contribution < 1.29 is 23.9 Å². The summed E-state index contributed by atoms with van der Waals surface area (Å²) < 4.78 is 10.0. The first kappa shape index (κ1) is 15.7. The number of methoxy groups -OCH3 is 1. The Bertz CT molecular complexity index is 777. The molecule has 0 radical (unpaired) electrons. The number of hydrogen-bond acceptors (Lipinski definition) is 5. The van der Waals surface area contributed by atoms with Gasteiger partial charge in [0.05, 0.1) is 23.9 Å². The predicted octanol–water partition coefficient (Wildman–Crippen LogP) is 2.43. The van der Waals surface area contributed by atoms with Gasteiger partial charge in [-0.15, -0.1) is 0 Å². The number of esters is 1. The number of carbonyl (C=O) groups is 3. The first-order valence-corrected chi connectivity index (χ1v) is 7.35. The molecule has 6 nitrogen and oxygen atoms in total. The molecule has 1 atom stereocenters. The molecule has 6 heteroatoms. The minimum atomic E-state index is -0.750. The highest BCUT2D eigenvalue weighted by Gasteiger charge is 2.36. The molecule has 3 rings (SSSR count). The maximum Gasteiger partial charge on any atom is 0.346 e. The smallest absolute Gasteiger partial charge is 0.346 e. The molecule has 0 bridgehead atoms. The van der Waals surface area contributed by atoms with E-state index in [-0.39, 0.29) is 11.8 Å². The van der Waals surface area contributed by atoms with Crippen LogP contribution in [-0.2, 0) is 9.53 Å². The number of ether oxygens (including phenoxy) is 2. The Morgan fingerprint density at radius 2 is 1.50 bits per heavy atom. The van der Waals surface area contributed by atoms with E-state index in [9.17, 15) is 14.4 Å². The fourth-order valence-electron chi connectivity index (χ4n) is 2.52. The van der Waals surface area contributed by atoms with Crippen LogP contribution < -0.4 is 9.64 Å². The Labute approximate surface area is 138 Å². The highest BCUT2D eigenvalue weighted by Crippen LogP contribution is 2.29. The lowest BCUT2D eigenvalue weighted by Crippen LogP contribution is -2.29. The van der Waals surface area contributed by atoms with Gasteiger partial charge in [-0.05, 0) is 43.3 Å². The zero-order valence-electron chi connectivity index (χ0n) is 13.2. The van der Waals surface area contributed by atoms with Gasteiger partial charge < -0.3 is 9.47 Å². The SMILES string of the molecule is COC(=O)C(C)Oc1ccc(N2C(=O)c3ccccc3C2=O)cc1. The van der Waals surface area contributed by atoms with Gasteiger partial charge in [0, 0.05) is 0 Å². The third-order valence-electron chi connectivity index (χ3n) is 3.73. The summed E-state index contributed by atoms with van der Waals surface area (Å²) in [6.45, 7) is 1.57. The summed E-state index contributed by atoms with van der Waals surface area (Å²) in [4.78, 5) is 37.3. The summed E-state index contributed by atoms with van der Waals surface area (Å²) in [5, 5.41) is 0. The van der Waals surface area contributed by atoms with E-state index in [0.717, 1.165) is 4.90 Å². The highest BCUT2D eigenvalue weighted by atomic mass is 16.6. The molecule has 122 valence electrons. The molecule has 2 amide bonds. The minimum absolute atomic E-state index is 0.354. The summed E-state index contributed by atoms with van der Waals surface area (Å²) >= 11 is 0. The molecule has 0 saturated heterocycles. The molecule has 1 heterocycles. The fourth-order valence-corrected chi connectivity index (χ4v) is 2.52. The van der Waals surface area contributed by atoms with Crippen molar-refractivity contribution in [3.8, 4) is 5.75 Å². The topological polar surface area (TPSA) is 72.9 Å². The van der Waals surface area contributed by atoms with Crippen LogP contribution in [0.2, 0.25) is 0 Å². The number of amides is 2. The number of imide groups is 1. The van der Waals surface area contributed by atoms with Gasteiger partial charge in [0.25, 0.3) is 11.8 Å². The molecule has 1 unspecified atom stereocenters. The molecular formula is C18H15NO5. The van der Waals surface area contributed by atoms with Gasteiger partial charge in [0.2, 0.25) is 0 Å². The predicted molar refractivity (Wildman–Crippen MR) is 86.1 cm³/mol. The van der Waals surface area contributed by atoms with Crippen molar-refractivity contribution in [2.45, 2.75) is 13.0 Å². The van der Waals surface area contributed by atoms with Crippen molar-refractivity contribution >= 4 is 23.5 Å². The molecule has 2 aromatic carbocycles. The maximum absolute atomic E-state index is 12.4. The molecular weight excluding hydrogens is 310 g/mol. The number of carbonyl (C=O) groups excluding carboxylic acids is 3. The van der Waals surface area contributed by atoms with Crippen molar-refractivity contribution in [2.75, 3.05) is 12.0 Å². The molecule has 1 aliphatic rings. The van der Waals surface area contributed by atoms with Crippen LogP contribution in [-0.4, -0.2) is 31.0 Å². The van der Waals surface area contributed by atoms with E-state index in [4.69, 9.17) is 4.74 Å². The van der Waals surface area contributed by atoms with Crippen molar-refractivity contribution in [3.05, 3.63) is 59.7 Å². The third-order valence-corrected chi connectivity index (χ3v) is 3.73. The van der Waals surface area contributed by atoms with Crippen LogP contribution in [0.5, 0.6) is 5.75 Å². The highest BCUT2D eigenvalue weighted by molar-refractivity contribution is 6.34. The summed E-state index contributed by atoms with van der Waals surface area (Å²) in [7, 11) is 1.29. The molecule has 0 fully saturated rings. The number of hydrogen-bond donors (Lipinski definition) is 0. The second kappa shape index (κ2) is 6.16. The average Bonchev–Trinajstić information content (AvgIpc) is 2.86. The first-order valence-electron chi connectivity index (χ1n) is 7.35. The van der Waals surface area contributed by atoms with Gasteiger partial charge in [-0.3, -0.25) is 9.59 Å². The van der Waals surface area contributed by atoms with Gasteiger partial charge in [-0.1, -0.05) is 12.1 Å². The number of rotatable bonds is 4. The summed E-state index contributed by atoms with van der Waals surface area (Å²) in [5.41, 5.74) is 1.23. The number of fused-ring (bicyclic) bond motifs is 1. The van der Waals surface area contributed by atoms with Crippen molar-refractivity contribution in [3.63, 3.8) is 0 Å². The van der Waals surface area contributed by atoms with Gasteiger partial charge in [0.15, 0.2) is 6.10 Å². The van der Waals surface area contributed by atoms with E-state index < -0.39 is 12.1 Å². The number of nitrogens with zero attached hydrogens (tertiary/aromatic N) is 1. The molecule has 2 aromatic rings. The van der Waals surface area contributed by atoms with Gasteiger partial charge in [-0.2, -0.15) is 0 Å². The minimum Gasteiger partial charge on any atom is -0.479 e. The third kappa shape index (κ3) is 2.62. The van der Waals surface area contributed by atoms with Crippen LogP contribution in [0, 0.1) is 0 Å². The van der Waals surface area contributed by atoms with Gasteiger partial charge in [-0.25, -0.2) is 9.69 Å². The Morgan fingerprint density at radius 1 is 0.958 bits per heavy atom. The maximum atomic E-state index is 12.4. The van der Waals surface area contributed by atoms with Crippen molar-refractivity contribution in [1.29, 1.82) is 0 Å². The van der Waals surface area contributed by atoms with Crippen LogP contribution in [0.1, 0.15) is 27.6 Å². The van der Waals surface area contributed by atoms with E-state index >= 15 is 0 Å². The van der Waals surface area contributed by atoms with E-state index in [2.05, 4.69) is 4.74 Å². The quantitative estimate of drug-likeness (QED) is 0.637. The number of benzene rings is 2. The normalized spacial score (nSPS) is 14.3. The molecule has 0 spiro atoms. The van der Waals surface area contributed by atoms with Gasteiger partial charge >= 0.3 is 5.97 Å². The van der Waals surface area contributed by atoms with Crippen LogP contribution in [0.15, 0.2) is 48.5 Å². The standard InChI is InChI=1S/C18H15NO5/c1-11(18(22)23-2)24-13-9-7-12(8-10-13)19-16(20)14-5-3-4-6-15(14)17(19)21/h3-11H,1-2H3. The summed E-state index contributed by atoms with van der Waals surface area (Å²) in [5.74, 6) is -0.757. The van der Waals surface area contributed by atoms with Crippen LogP contribution in [0.25, 0.3) is 0 Å². The summed E-state index contributed by atoms with van der Waals surface area (Å²) in [6.07, 6.45) is -0.750. The number of anilines is 1. The Kier molecular flexibility index (Phi) is 4.04. The lowest BCUT2D eigenvalue weighted by Gasteiger charge is -2.16. The average molecular weight is 325 g/mol. The molecule has 0 aliphatic carbocycles.